The highest BCUT2D eigenvalue weighted by molar-refractivity contribution is 5.73. The van der Waals surface area contributed by atoms with E-state index in [1.54, 1.807) is 6.92 Å². The van der Waals surface area contributed by atoms with Crippen molar-refractivity contribution in [2.75, 3.05) is 20.1 Å². The third kappa shape index (κ3) is 1.68. The SMILES string of the molecule is CC(=O)NC1CN(C)C1. The highest BCUT2D eigenvalue weighted by Crippen LogP contribution is 2.02. The van der Waals surface area contributed by atoms with Crippen molar-refractivity contribution in [2.24, 2.45) is 0 Å². The molecule has 1 saturated heterocycles. The second-order valence-electron chi connectivity index (χ2n) is 2.62. The van der Waals surface area contributed by atoms with Gasteiger partial charge in [0.2, 0.25) is 5.91 Å². The number of nitrogens with one attached hydrogen (secondary N) is 1. The Labute approximate surface area is 55.0 Å². The van der Waals surface area contributed by atoms with Crippen LogP contribution in [0.25, 0.3) is 0 Å². The lowest BCUT2D eigenvalue weighted by Gasteiger charge is -2.36. The zero-order valence-electron chi connectivity index (χ0n) is 5.85. The average molecular weight is 128 g/mol. The van der Waals surface area contributed by atoms with E-state index in [0.717, 1.165) is 13.1 Å². The molecule has 0 aromatic carbocycles. The van der Waals surface area contributed by atoms with Crippen molar-refractivity contribution in [1.82, 2.24) is 10.2 Å². The number of carbonyl (C=O) groups is 1. The molecular weight excluding hydrogens is 116 g/mol. The van der Waals surface area contributed by atoms with Crippen molar-refractivity contribution in [3.63, 3.8) is 0 Å². The molecule has 0 unspecified atom stereocenters. The highest BCUT2D eigenvalue weighted by atomic mass is 16.1. The molecule has 1 aliphatic heterocycles. The summed E-state index contributed by atoms with van der Waals surface area (Å²) in [6, 6.07) is 0.410. The molecule has 1 fully saturated rings. The maximum absolute atomic E-state index is 10.4. The number of hydrogen-bond acceptors (Lipinski definition) is 2. The van der Waals surface area contributed by atoms with Crippen molar-refractivity contribution in [3.8, 4) is 0 Å². The molecule has 1 N–H and O–H groups in total. The van der Waals surface area contributed by atoms with Gasteiger partial charge in [-0.1, -0.05) is 0 Å². The zero-order valence-corrected chi connectivity index (χ0v) is 5.85. The fourth-order valence-electron chi connectivity index (χ4n) is 1.08. The van der Waals surface area contributed by atoms with Crippen LogP contribution < -0.4 is 5.32 Å². The Hall–Kier alpha value is -0.570. The molecule has 0 radical (unpaired) electrons. The molecule has 0 aromatic rings. The number of hydrogen-bond donors (Lipinski definition) is 1. The second-order valence-corrected chi connectivity index (χ2v) is 2.62. The molecule has 0 saturated carbocycles. The van der Waals surface area contributed by atoms with Crippen LogP contribution in [0.5, 0.6) is 0 Å². The third-order valence-corrected chi connectivity index (χ3v) is 1.47. The predicted molar refractivity (Wildman–Crippen MR) is 35.1 cm³/mol. The first kappa shape index (κ1) is 6.55. The first-order valence-electron chi connectivity index (χ1n) is 3.14. The van der Waals surface area contributed by atoms with Gasteiger partial charge in [0.25, 0.3) is 0 Å². The molecule has 0 aliphatic carbocycles. The quantitative estimate of drug-likeness (QED) is 0.513. The van der Waals surface area contributed by atoms with Gasteiger partial charge in [0.1, 0.15) is 0 Å². The van der Waals surface area contributed by atoms with Gasteiger partial charge in [-0.25, -0.2) is 0 Å². The van der Waals surface area contributed by atoms with Gasteiger partial charge in [-0.3, -0.25) is 4.79 Å². The van der Waals surface area contributed by atoms with Crippen LogP contribution in [-0.2, 0) is 4.79 Å². The average Bonchev–Trinajstić information content (AvgIpc) is 1.60. The van der Waals surface area contributed by atoms with Gasteiger partial charge in [0, 0.05) is 20.0 Å². The number of amides is 1. The van der Waals surface area contributed by atoms with E-state index in [2.05, 4.69) is 10.2 Å². The molecule has 52 valence electrons. The Balaban J connectivity index is 2.11. The number of likely N-dealkylation sites (tertiary alicyclic amines) is 1. The minimum atomic E-state index is 0.0769. The summed E-state index contributed by atoms with van der Waals surface area (Å²) in [4.78, 5) is 12.6. The van der Waals surface area contributed by atoms with Crippen LogP contribution in [0.1, 0.15) is 6.92 Å². The third-order valence-electron chi connectivity index (χ3n) is 1.47. The van der Waals surface area contributed by atoms with Gasteiger partial charge < -0.3 is 10.2 Å². The Morgan fingerprint density at radius 1 is 1.67 bits per heavy atom. The van der Waals surface area contributed by atoms with Gasteiger partial charge in [-0.15, -0.1) is 0 Å². The van der Waals surface area contributed by atoms with Crippen LogP contribution in [0.2, 0.25) is 0 Å². The standard InChI is InChI=1S/C6H12N2O/c1-5(9)7-6-3-8(2)4-6/h6H,3-4H2,1-2H3,(H,7,9). The van der Waals surface area contributed by atoms with E-state index in [4.69, 9.17) is 0 Å². The summed E-state index contributed by atoms with van der Waals surface area (Å²) in [7, 11) is 2.04. The van der Waals surface area contributed by atoms with E-state index in [1.165, 1.54) is 0 Å². The smallest absolute Gasteiger partial charge is 0.217 e. The second kappa shape index (κ2) is 2.35. The largest absolute Gasteiger partial charge is 0.351 e. The summed E-state index contributed by atoms with van der Waals surface area (Å²) in [5, 5.41) is 2.83. The molecule has 1 amide bonds. The van der Waals surface area contributed by atoms with Crippen molar-refractivity contribution in [2.45, 2.75) is 13.0 Å². The van der Waals surface area contributed by atoms with Gasteiger partial charge in [-0.05, 0) is 7.05 Å². The summed E-state index contributed by atoms with van der Waals surface area (Å²) in [6.07, 6.45) is 0. The summed E-state index contributed by atoms with van der Waals surface area (Å²) in [5.74, 6) is 0.0769. The summed E-state index contributed by atoms with van der Waals surface area (Å²) in [5.41, 5.74) is 0. The predicted octanol–water partition coefficient (Wildman–Crippen LogP) is -0.563. The number of rotatable bonds is 1. The van der Waals surface area contributed by atoms with Crippen LogP contribution in [0.3, 0.4) is 0 Å². The minimum absolute atomic E-state index is 0.0769. The maximum Gasteiger partial charge on any atom is 0.217 e. The van der Waals surface area contributed by atoms with Crippen molar-refractivity contribution >= 4 is 5.91 Å². The van der Waals surface area contributed by atoms with Gasteiger partial charge in [-0.2, -0.15) is 0 Å². The molecular formula is C6H12N2O. The van der Waals surface area contributed by atoms with Crippen LogP contribution in [0, 0.1) is 0 Å². The van der Waals surface area contributed by atoms with E-state index in [1.807, 2.05) is 7.05 Å². The summed E-state index contributed by atoms with van der Waals surface area (Å²) < 4.78 is 0. The lowest BCUT2D eigenvalue weighted by atomic mass is 10.1. The van der Waals surface area contributed by atoms with Crippen LogP contribution >= 0.6 is 0 Å². The van der Waals surface area contributed by atoms with E-state index < -0.39 is 0 Å². The van der Waals surface area contributed by atoms with E-state index >= 15 is 0 Å². The van der Waals surface area contributed by atoms with Crippen molar-refractivity contribution < 1.29 is 4.79 Å². The number of nitrogens with zero attached hydrogens (tertiary/aromatic N) is 1. The Bertz CT molecular complexity index is 118. The van der Waals surface area contributed by atoms with E-state index in [-0.39, 0.29) is 5.91 Å². The fraction of sp³-hybridized carbons (Fsp3) is 0.833. The Morgan fingerprint density at radius 2 is 2.22 bits per heavy atom. The summed E-state index contributed by atoms with van der Waals surface area (Å²) >= 11 is 0. The molecule has 1 aliphatic rings. The topological polar surface area (TPSA) is 32.3 Å². The molecule has 0 aromatic heterocycles. The van der Waals surface area contributed by atoms with Crippen LogP contribution in [-0.4, -0.2) is 37.0 Å². The van der Waals surface area contributed by atoms with Crippen molar-refractivity contribution in [3.05, 3.63) is 0 Å². The molecule has 9 heavy (non-hydrogen) atoms. The van der Waals surface area contributed by atoms with Crippen LogP contribution in [0.15, 0.2) is 0 Å². The lowest BCUT2D eigenvalue weighted by Crippen LogP contribution is -2.57. The molecule has 0 bridgehead atoms. The summed E-state index contributed by atoms with van der Waals surface area (Å²) in [6.45, 7) is 3.55. The number of likely N-dealkylation sites (N-methyl/N-ethyl adjacent to an activating group) is 1. The molecule has 1 rings (SSSR count). The van der Waals surface area contributed by atoms with Gasteiger partial charge >= 0.3 is 0 Å². The first-order valence-corrected chi connectivity index (χ1v) is 3.14. The normalized spacial score (nSPS) is 21.1. The monoisotopic (exact) mass is 128 g/mol. The number of carbonyl (C=O) groups excluding carboxylic acids is 1. The van der Waals surface area contributed by atoms with E-state index in [0.29, 0.717) is 6.04 Å². The Morgan fingerprint density at radius 3 is 2.56 bits per heavy atom. The minimum Gasteiger partial charge on any atom is -0.351 e. The van der Waals surface area contributed by atoms with Gasteiger partial charge in [0.15, 0.2) is 0 Å². The fourth-order valence-corrected chi connectivity index (χ4v) is 1.08. The highest BCUT2D eigenvalue weighted by Gasteiger charge is 2.22. The molecule has 3 nitrogen and oxygen atoms in total. The lowest BCUT2D eigenvalue weighted by molar-refractivity contribution is -0.120. The Kier molecular flexibility index (Phi) is 1.71. The van der Waals surface area contributed by atoms with Crippen molar-refractivity contribution in [1.29, 1.82) is 0 Å². The van der Waals surface area contributed by atoms with E-state index in [9.17, 15) is 4.79 Å². The first-order chi connectivity index (χ1) is 4.18. The van der Waals surface area contributed by atoms with Gasteiger partial charge in [0.05, 0.1) is 6.04 Å². The maximum atomic E-state index is 10.4. The molecule has 0 atom stereocenters. The molecule has 1 heterocycles. The zero-order chi connectivity index (χ0) is 6.85. The molecule has 3 heteroatoms. The van der Waals surface area contributed by atoms with Crippen LogP contribution in [0.4, 0.5) is 0 Å². The molecule has 0 spiro atoms.